The molecule has 0 atom stereocenters. The molecule has 0 unspecified atom stereocenters. The van der Waals surface area contributed by atoms with Crippen LogP contribution < -0.4 is 0 Å². The summed E-state index contributed by atoms with van der Waals surface area (Å²) >= 11 is 0. The highest BCUT2D eigenvalue weighted by molar-refractivity contribution is 7.52. The average molecular weight is 293 g/mol. The zero-order valence-corrected chi connectivity index (χ0v) is 13.5. The van der Waals surface area contributed by atoms with Crippen molar-refractivity contribution in [3.63, 3.8) is 0 Å². The molecule has 0 radical (unpaired) electrons. The lowest BCUT2D eigenvalue weighted by molar-refractivity contribution is 0.222. The second kappa shape index (κ2) is 11.9. The Balaban J connectivity index is 0.000000443. The highest BCUT2D eigenvalue weighted by Crippen LogP contribution is 2.49. The number of hydrogen-bond acceptors (Lipinski definition) is 4. The summed E-state index contributed by atoms with van der Waals surface area (Å²) in [5, 5.41) is 0. The van der Waals surface area contributed by atoms with E-state index in [0.717, 1.165) is 0 Å². The van der Waals surface area contributed by atoms with Crippen molar-refractivity contribution in [2.75, 3.05) is 19.6 Å². The first-order chi connectivity index (χ1) is 9.05. The molecule has 0 aromatic heterocycles. The molecule has 1 heterocycles. The molecule has 0 aromatic rings. The van der Waals surface area contributed by atoms with Gasteiger partial charge in [0.1, 0.15) is 0 Å². The van der Waals surface area contributed by atoms with Gasteiger partial charge in [0.2, 0.25) is 0 Å². The lowest BCUT2D eigenvalue weighted by atomic mass is 10.2. The van der Waals surface area contributed by atoms with Crippen molar-refractivity contribution in [1.29, 1.82) is 0 Å². The summed E-state index contributed by atoms with van der Waals surface area (Å²) in [7, 11) is -3.51. The van der Waals surface area contributed by atoms with Gasteiger partial charge in [0.15, 0.2) is 0 Å². The average Bonchev–Trinajstić information content (AvgIpc) is 2.37. The predicted molar refractivity (Wildman–Crippen MR) is 80.3 cm³/mol. The topological polar surface area (TPSA) is 59.0 Å². The second-order valence-electron chi connectivity index (χ2n) is 4.75. The van der Waals surface area contributed by atoms with Crippen molar-refractivity contribution < 1.29 is 18.3 Å². The van der Waals surface area contributed by atoms with E-state index in [1.165, 1.54) is 58.2 Å². The molecule has 1 aliphatic rings. The van der Waals surface area contributed by atoms with Gasteiger partial charge in [-0.1, -0.05) is 40.0 Å². The van der Waals surface area contributed by atoms with E-state index in [2.05, 4.69) is 34.6 Å². The molecular formula is C12H29BNO4P. The van der Waals surface area contributed by atoms with Crippen molar-refractivity contribution in [2.24, 2.45) is 0 Å². The van der Waals surface area contributed by atoms with Crippen LogP contribution in [0.3, 0.4) is 0 Å². The first-order valence-corrected chi connectivity index (χ1v) is 8.89. The van der Waals surface area contributed by atoms with Gasteiger partial charge in [-0.2, -0.15) is 0 Å². The van der Waals surface area contributed by atoms with E-state index in [1.807, 2.05) is 0 Å². The maximum absolute atomic E-state index is 9.78. The van der Waals surface area contributed by atoms with E-state index in [1.54, 1.807) is 0 Å². The smallest absolute Gasteiger partial charge is 0.322 e. The highest BCUT2D eigenvalue weighted by Gasteiger charge is 2.31. The predicted octanol–water partition coefficient (Wildman–Crippen LogP) is 3.09. The Morgan fingerprint density at radius 2 is 1.26 bits per heavy atom. The molecule has 1 saturated heterocycles. The van der Waals surface area contributed by atoms with E-state index in [9.17, 15) is 4.57 Å². The van der Waals surface area contributed by atoms with Crippen molar-refractivity contribution in [2.45, 2.75) is 59.3 Å². The van der Waals surface area contributed by atoms with E-state index >= 15 is 0 Å². The molecule has 19 heavy (non-hydrogen) atoms. The minimum atomic E-state index is -3.47. The van der Waals surface area contributed by atoms with Crippen LogP contribution in [-0.4, -0.2) is 37.1 Å². The monoisotopic (exact) mass is 293 g/mol. The molecule has 0 aromatic carbocycles. The summed E-state index contributed by atoms with van der Waals surface area (Å²) < 4.78 is 17.8. The SMILES string of the molecule is CCCCN(CCCC)CCCC.O=P1(O)OBO1. The van der Waals surface area contributed by atoms with Crippen molar-refractivity contribution >= 4 is 15.5 Å². The van der Waals surface area contributed by atoms with Gasteiger partial charge < -0.3 is 18.7 Å². The van der Waals surface area contributed by atoms with Gasteiger partial charge in [0.25, 0.3) is 0 Å². The largest absolute Gasteiger partial charge is 0.456 e. The first kappa shape index (κ1) is 19.1. The molecule has 0 spiro atoms. The van der Waals surface area contributed by atoms with E-state index in [-0.39, 0.29) is 7.69 Å². The van der Waals surface area contributed by atoms with Gasteiger partial charge in [-0.3, -0.25) is 0 Å². The summed E-state index contributed by atoms with van der Waals surface area (Å²) in [6, 6.07) is 0. The maximum Gasteiger partial charge on any atom is 0.456 e. The Hall–Kier alpha value is 0.135. The lowest BCUT2D eigenvalue weighted by Gasteiger charge is -2.21. The Morgan fingerprint density at radius 1 is 0.947 bits per heavy atom. The van der Waals surface area contributed by atoms with Crippen LogP contribution in [0.5, 0.6) is 0 Å². The number of unbranched alkanes of at least 4 members (excludes halogenated alkanes) is 3. The molecule has 5 nitrogen and oxygen atoms in total. The molecule has 1 aliphatic heterocycles. The normalized spacial score (nSPS) is 16.3. The standard InChI is InChI=1S/C12H27N.BH2O4P/c1-4-7-10-13(11-8-5-2)12-9-6-3;2-6(3)4-1-5-6/h4-12H2,1-3H3;1H,(H,2,3). The van der Waals surface area contributed by atoms with Crippen LogP contribution in [0.25, 0.3) is 0 Å². The van der Waals surface area contributed by atoms with Gasteiger partial charge in [0, 0.05) is 0 Å². The van der Waals surface area contributed by atoms with E-state index in [0.29, 0.717) is 0 Å². The van der Waals surface area contributed by atoms with Gasteiger partial charge in [-0.05, 0) is 38.9 Å². The fourth-order valence-corrected chi connectivity index (χ4v) is 1.91. The second-order valence-corrected chi connectivity index (χ2v) is 6.20. The van der Waals surface area contributed by atoms with Crippen LogP contribution in [0, 0.1) is 0 Å². The van der Waals surface area contributed by atoms with Crippen LogP contribution in [0.4, 0.5) is 0 Å². The number of phosphoric acid groups is 1. The summed E-state index contributed by atoms with van der Waals surface area (Å²) in [4.78, 5) is 10.7. The quantitative estimate of drug-likeness (QED) is 0.523. The molecule has 1 N–H and O–H groups in total. The Bertz CT molecular complexity index is 229. The third-order valence-electron chi connectivity index (χ3n) is 2.92. The molecule has 1 rings (SSSR count). The van der Waals surface area contributed by atoms with Crippen LogP contribution in [-0.2, 0) is 13.4 Å². The Kier molecular flexibility index (Phi) is 12.0. The van der Waals surface area contributed by atoms with E-state index < -0.39 is 7.82 Å². The van der Waals surface area contributed by atoms with Crippen LogP contribution >= 0.6 is 7.82 Å². The summed E-state index contributed by atoms with van der Waals surface area (Å²) in [5.74, 6) is 0. The van der Waals surface area contributed by atoms with Gasteiger partial charge in [-0.15, -0.1) is 0 Å². The summed E-state index contributed by atoms with van der Waals surface area (Å²) in [5.41, 5.74) is 0. The van der Waals surface area contributed by atoms with Crippen LogP contribution in [0.15, 0.2) is 0 Å². The molecule has 0 amide bonds. The number of hydrogen-bond donors (Lipinski definition) is 1. The summed E-state index contributed by atoms with van der Waals surface area (Å²) in [6.07, 6.45) is 8.09. The fourth-order valence-electron chi connectivity index (χ4n) is 1.62. The molecular weight excluding hydrogens is 264 g/mol. The molecule has 7 heteroatoms. The first-order valence-electron chi connectivity index (χ1n) is 7.40. The number of nitrogens with zero attached hydrogens (tertiary/aromatic N) is 1. The molecule has 1 fully saturated rings. The molecule has 0 saturated carbocycles. The third kappa shape index (κ3) is 11.6. The minimum Gasteiger partial charge on any atom is -0.322 e. The summed E-state index contributed by atoms with van der Waals surface area (Å²) in [6.45, 7) is 10.8. The molecule has 0 aliphatic carbocycles. The highest BCUT2D eigenvalue weighted by atomic mass is 31.2. The van der Waals surface area contributed by atoms with Crippen LogP contribution in [0.2, 0.25) is 0 Å². The van der Waals surface area contributed by atoms with Crippen molar-refractivity contribution in [3.05, 3.63) is 0 Å². The zero-order valence-electron chi connectivity index (χ0n) is 12.6. The maximum atomic E-state index is 9.78. The van der Waals surface area contributed by atoms with Gasteiger partial charge in [0.05, 0.1) is 0 Å². The van der Waals surface area contributed by atoms with Gasteiger partial charge >= 0.3 is 15.5 Å². The third-order valence-corrected chi connectivity index (χ3v) is 3.78. The zero-order chi connectivity index (χ0) is 14.6. The van der Waals surface area contributed by atoms with Crippen LogP contribution in [0.1, 0.15) is 59.3 Å². The van der Waals surface area contributed by atoms with Gasteiger partial charge in [-0.25, -0.2) is 4.57 Å². The lowest BCUT2D eigenvalue weighted by Crippen LogP contribution is -2.27. The molecule has 114 valence electrons. The van der Waals surface area contributed by atoms with Crippen molar-refractivity contribution in [1.82, 2.24) is 4.90 Å². The molecule has 0 bridgehead atoms. The van der Waals surface area contributed by atoms with E-state index in [4.69, 9.17) is 4.89 Å². The Morgan fingerprint density at radius 3 is 1.42 bits per heavy atom. The minimum absolute atomic E-state index is 0.0478. The fraction of sp³-hybridized carbons (Fsp3) is 1.00. The van der Waals surface area contributed by atoms with Crippen molar-refractivity contribution in [3.8, 4) is 0 Å². The number of rotatable bonds is 9. The Labute approximate surface area is 118 Å².